The number of carbonyl (C=O) groups is 2. The third-order valence-corrected chi connectivity index (χ3v) is 4.52. The summed E-state index contributed by atoms with van der Waals surface area (Å²) >= 11 is 4.76. The lowest BCUT2D eigenvalue weighted by Crippen LogP contribution is -2.34. The molecule has 1 aromatic rings. The first-order valence-corrected chi connectivity index (χ1v) is 7.34. The van der Waals surface area contributed by atoms with Crippen LogP contribution < -0.4 is 0 Å². The van der Waals surface area contributed by atoms with Crippen molar-refractivity contribution >= 4 is 39.0 Å². The normalized spacial score (nSPS) is 17.0. The first-order valence-electron chi connectivity index (χ1n) is 5.73. The van der Waals surface area contributed by atoms with E-state index in [0.717, 1.165) is 29.6 Å². The molecule has 2 heterocycles. The zero-order valence-electron chi connectivity index (χ0n) is 9.45. The summed E-state index contributed by atoms with van der Waals surface area (Å²) in [6.07, 6.45) is 3.63. The van der Waals surface area contributed by atoms with Crippen molar-refractivity contribution in [2.45, 2.75) is 25.7 Å². The summed E-state index contributed by atoms with van der Waals surface area (Å²) in [5.74, 6) is 0.155. The van der Waals surface area contributed by atoms with Crippen molar-refractivity contribution in [3.8, 4) is 0 Å². The summed E-state index contributed by atoms with van der Waals surface area (Å²) in [6.45, 7) is 0.947. The van der Waals surface area contributed by atoms with E-state index >= 15 is 0 Å². The monoisotopic (exact) mass is 315 g/mol. The van der Waals surface area contributed by atoms with Crippen molar-refractivity contribution in [3.63, 3.8) is 0 Å². The Morgan fingerprint density at radius 3 is 2.88 bits per heavy atom. The first-order chi connectivity index (χ1) is 8.16. The molecule has 0 saturated carbocycles. The molecule has 0 unspecified atom stereocenters. The van der Waals surface area contributed by atoms with Crippen molar-refractivity contribution < 1.29 is 9.59 Å². The number of amides is 1. The maximum absolute atomic E-state index is 12.0. The molecular weight excluding hydrogens is 302 g/mol. The maximum atomic E-state index is 12.0. The molecule has 2 rings (SSSR count). The Morgan fingerprint density at radius 1 is 1.35 bits per heavy atom. The van der Waals surface area contributed by atoms with Crippen LogP contribution in [0.4, 0.5) is 0 Å². The van der Waals surface area contributed by atoms with Gasteiger partial charge in [-0.25, -0.2) is 0 Å². The third kappa shape index (κ3) is 3.39. The Kier molecular flexibility index (Phi) is 4.34. The van der Waals surface area contributed by atoms with Crippen molar-refractivity contribution in [1.82, 2.24) is 4.90 Å². The van der Waals surface area contributed by atoms with Crippen molar-refractivity contribution in [3.05, 3.63) is 20.8 Å². The zero-order valence-corrected chi connectivity index (χ0v) is 11.8. The fraction of sp³-hybridized carbons (Fsp3) is 0.500. The standard InChI is InChI=1S/C12H14BrNO2S/c13-11-6-5-10(17-11)9(15)8-14-7-3-1-2-4-12(14)16/h5-6H,1-4,7-8H2. The van der Waals surface area contributed by atoms with Crippen LogP contribution in [0, 0.1) is 0 Å². The van der Waals surface area contributed by atoms with E-state index in [0.29, 0.717) is 11.3 Å². The second-order valence-corrected chi connectivity index (χ2v) is 6.62. The van der Waals surface area contributed by atoms with Crippen molar-refractivity contribution in [2.75, 3.05) is 13.1 Å². The van der Waals surface area contributed by atoms with Gasteiger partial charge in [-0.1, -0.05) is 6.42 Å². The summed E-state index contributed by atoms with van der Waals surface area (Å²) in [6, 6.07) is 3.67. The van der Waals surface area contributed by atoms with Gasteiger partial charge in [0.1, 0.15) is 0 Å². The minimum Gasteiger partial charge on any atom is -0.335 e. The number of rotatable bonds is 3. The smallest absolute Gasteiger partial charge is 0.222 e. The molecule has 5 heteroatoms. The summed E-state index contributed by atoms with van der Waals surface area (Å²) in [5.41, 5.74) is 0. The maximum Gasteiger partial charge on any atom is 0.222 e. The van der Waals surface area contributed by atoms with E-state index < -0.39 is 0 Å². The van der Waals surface area contributed by atoms with Crippen LogP contribution >= 0.6 is 27.3 Å². The van der Waals surface area contributed by atoms with Crippen LogP contribution in [-0.4, -0.2) is 29.7 Å². The number of hydrogen-bond donors (Lipinski definition) is 0. The second kappa shape index (κ2) is 5.78. The van der Waals surface area contributed by atoms with Gasteiger partial charge in [-0.15, -0.1) is 11.3 Å². The molecule has 0 N–H and O–H groups in total. The van der Waals surface area contributed by atoms with E-state index in [1.807, 2.05) is 6.07 Å². The molecule has 0 radical (unpaired) electrons. The third-order valence-electron chi connectivity index (χ3n) is 2.85. The highest BCUT2D eigenvalue weighted by Crippen LogP contribution is 2.23. The molecule has 3 nitrogen and oxygen atoms in total. The molecule has 0 atom stereocenters. The van der Waals surface area contributed by atoms with Crippen LogP contribution in [0.15, 0.2) is 15.9 Å². The topological polar surface area (TPSA) is 37.4 Å². The zero-order chi connectivity index (χ0) is 12.3. The van der Waals surface area contributed by atoms with Crippen LogP contribution in [0.5, 0.6) is 0 Å². The Morgan fingerprint density at radius 2 is 2.18 bits per heavy atom. The molecule has 0 aliphatic carbocycles. The van der Waals surface area contributed by atoms with Crippen LogP contribution in [0.1, 0.15) is 35.4 Å². The fourth-order valence-corrected chi connectivity index (χ4v) is 3.24. The minimum atomic E-state index is 0.0379. The van der Waals surface area contributed by atoms with E-state index in [1.54, 1.807) is 11.0 Å². The van der Waals surface area contributed by atoms with Crippen LogP contribution in [-0.2, 0) is 4.79 Å². The molecular formula is C12H14BrNO2S. The van der Waals surface area contributed by atoms with Gasteiger partial charge in [0.25, 0.3) is 0 Å². The van der Waals surface area contributed by atoms with E-state index in [9.17, 15) is 9.59 Å². The van der Waals surface area contributed by atoms with Crippen LogP contribution in [0.25, 0.3) is 0 Å². The van der Waals surface area contributed by atoms with Gasteiger partial charge < -0.3 is 4.90 Å². The van der Waals surface area contributed by atoms with Gasteiger partial charge in [0, 0.05) is 13.0 Å². The summed E-state index contributed by atoms with van der Waals surface area (Å²) in [5, 5.41) is 0. The predicted molar refractivity (Wildman–Crippen MR) is 71.4 cm³/mol. The largest absolute Gasteiger partial charge is 0.335 e. The lowest BCUT2D eigenvalue weighted by molar-refractivity contribution is -0.130. The average Bonchev–Trinajstić information content (AvgIpc) is 2.63. The number of hydrogen-bond acceptors (Lipinski definition) is 3. The van der Waals surface area contributed by atoms with Gasteiger partial charge in [0.2, 0.25) is 5.91 Å². The van der Waals surface area contributed by atoms with Crippen LogP contribution in [0.2, 0.25) is 0 Å². The molecule has 1 aliphatic heterocycles. The van der Waals surface area contributed by atoms with Crippen molar-refractivity contribution in [2.24, 2.45) is 0 Å². The van der Waals surface area contributed by atoms with Gasteiger partial charge in [-0.3, -0.25) is 9.59 Å². The van der Waals surface area contributed by atoms with Gasteiger partial charge in [-0.05, 0) is 40.9 Å². The highest BCUT2D eigenvalue weighted by molar-refractivity contribution is 9.11. The highest BCUT2D eigenvalue weighted by atomic mass is 79.9. The quantitative estimate of drug-likeness (QED) is 0.804. The number of likely N-dealkylation sites (tertiary alicyclic amines) is 1. The van der Waals surface area contributed by atoms with Gasteiger partial charge in [0.15, 0.2) is 5.78 Å². The molecule has 0 spiro atoms. The fourth-order valence-electron chi connectivity index (χ4n) is 1.92. The molecule has 1 aliphatic rings. The lowest BCUT2D eigenvalue weighted by atomic mass is 10.2. The summed E-state index contributed by atoms with van der Waals surface area (Å²) in [7, 11) is 0. The molecule has 0 aromatic carbocycles. The predicted octanol–water partition coefficient (Wildman–Crippen LogP) is 3.10. The number of ketones is 1. The number of thiophene rings is 1. The Bertz CT molecular complexity index is 430. The average molecular weight is 316 g/mol. The highest BCUT2D eigenvalue weighted by Gasteiger charge is 2.20. The summed E-state index contributed by atoms with van der Waals surface area (Å²) in [4.78, 5) is 26.1. The second-order valence-electron chi connectivity index (χ2n) is 4.15. The molecule has 1 amide bonds. The molecule has 1 saturated heterocycles. The van der Waals surface area contributed by atoms with Gasteiger partial charge >= 0.3 is 0 Å². The van der Waals surface area contributed by atoms with Gasteiger partial charge in [0.05, 0.1) is 15.2 Å². The molecule has 1 aromatic heterocycles. The van der Waals surface area contributed by atoms with Crippen LogP contribution in [0.3, 0.4) is 0 Å². The molecule has 1 fully saturated rings. The van der Waals surface area contributed by atoms with Crippen molar-refractivity contribution in [1.29, 1.82) is 0 Å². The van der Waals surface area contributed by atoms with E-state index in [4.69, 9.17) is 0 Å². The number of nitrogens with zero attached hydrogens (tertiary/aromatic N) is 1. The Hall–Kier alpha value is -0.680. The Labute approximate surface area is 113 Å². The molecule has 0 bridgehead atoms. The SMILES string of the molecule is O=C(CN1CCCCCC1=O)c1ccc(Br)s1. The lowest BCUT2D eigenvalue weighted by Gasteiger charge is -2.18. The van der Waals surface area contributed by atoms with E-state index in [-0.39, 0.29) is 18.2 Å². The summed E-state index contributed by atoms with van der Waals surface area (Å²) < 4.78 is 0.947. The Balaban J connectivity index is 1.99. The first kappa shape index (κ1) is 12.8. The van der Waals surface area contributed by atoms with Gasteiger partial charge in [-0.2, -0.15) is 0 Å². The van der Waals surface area contributed by atoms with E-state index in [1.165, 1.54) is 11.3 Å². The number of halogens is 1. The number of Topliss-reactive ketones (excluding diaryl/α,β-unsaturated/α-hetero) is 1. The van der Waals surface area contributed by atoms with E-state index in [2.05, 4.69) is 15.9 Å². The number of carbonyl (C=O) groups excluding carboxylic acids is 2. The minimum absolute atomic E-state index is 0.0379. The molecule has 17 heavy (non-hydrogen) atoms. The molecule has 92 valence electrons.